The normalized spacial score (nSPS) is 10.4. The van der Waals surface area contributed by atoms with Crippen LogP contribution in [-0.2, 0) is 10.5 Å². The second kappa shape index (κ2) is 9.44. The third-order valence-electron chi connectivity index (χ3n) is 3.16. The molecule has 0 aliphatic carbocycles. The van der Waals surface area contributed by atoms with E-state index >= 15 is 0 Å². The fourth-order valence-corrected chi connectivity index (χ4v) is 3.69. The number of aryl methyl sites for hydroxylation is 1. The van der Waals surface area contributed by atoms with Crippen molar-refractivity contribution in [3.63, 3.8) is 0 Å². The van der Waals surface area contributed by atoms with E-state index in [-0.39, 0.29) is 18.4 Å². The van der Waals surface area contributed by atoms with E-state index in [0.717, 1.165) is 27.8 Å². The monoisotopic (exact) mass is 363 g/mol. The second-order valence-electron chi connectivity index (χ2n) is 5.27. The van der Waals surface area contributed by atoms with E-state index in [1.165, 1.54) is 0 Å². The molecule has 0 radical (unpaired) electrons. The largest absolute Gasteiger partial charge is 0.355 e. The van der Waals surface area contributed by atoms with Gasteiger partial charge in [0.15, 0.2) is 0 Å². The summed E-state index contributed by atoms with van der Waals surface area (Å²) in [6, 6.07) is 7.42. The lowest BCUT2D eigenvalue weighted by molar-refractivity contribution is -0.120. The minimum absolute atomic E-state index is 0.000164. The molecule has 0 fully saturated rings. The predicted octanol–water partition coefficient (Wildman–Crippen LogP) is 3.00. The van der Waals surface area contributed by atoms with Crippen LogP contribution in [0.1, 0.15) is 35.0 Å². The van der Waals surface area contributed by atoms with Crippen LogP contribution in [0, 0.1) is 6.92 Å². The van der Waals surface area contributed by atoms with Gasteiger partial charge in [0.1, 0.15) is 4.34 Å². The van der Waals surface area contributed by atoms with Crippen LogP contribution in [0.3, 0.4) is 0 Å². The number of thioether (sulfide) groups is 1. The molecule has 2 rings (SSSR count). The maximum Gasteiger partial charge on any atom is 0.251 e. The SMILES string of the molecule is CCCNC(=O)CNC(=O)c1ccc(CSc2nc(C)cs2)cc1. The van der Waals surface area contributed by atoms with Crippen molar-refractivity contribution in [2.45, 2.75) is 30.4 Å². The van der Waals surface area contributed by atoms with Crippen LogP contribution in [0.4, 0.5) is 0 Å². The van der Waals surface area contributed by atoms with E-state index in [4.69, 9.17) is 0 Å². The van der Waals surface area contributed by atoms with Gasteiger partial charge in [-0.25, -0.2) is 4.98 Å². The van der Waals surface area contributed by atoms with Crippen molar-refractivity contribution >= 4 is 34.9 Å². The van der Waals surface area contributed by atoms with Crippen LogP contribution >= 0.6 is 23.1 Å². The Labute approximate surface area is 150 Å². The molecule has 1 aromatic carbocycles. The van der Waals surface area contributed by atoms with Gasteiger partial charge in [0.2, 0.25) is 5.91 Å². The maximum absolute atomic E-state index is 12.0. The highest BCUT2D eigenvalue weighted by atomic mass is 32.2. The highest BCUT2D eigenvalue weighted by molar-refractivity contribution is 8.00. The molecule has 2 amide bonds. The van der Waals surface area contributed by atoms with Crippen LogP contribution in [-0.4, -0.2) is 29.9 Å². The number of hydrogen-bond acceptors (Lipinski definition) is 5. The lowest BCUT2D eigenvalue weighted by Crippen LogP contribution is -2.37. The fourth-order valence-electron chi connectivity index (χ4n) is 1.89. The minimum Gasteiger partial charge on any atom is -0.355 e. The zero-order valence-electron chi connectivity index (χ0n) is 13.8. The summed E-state index contributed by atoms with van der Waals surface area (Å²) < 4.78 is 1.05. The minimum atomic E-state index is -0.239. The molecule has 1 heterocycles. The Bertz CT molecular complexity index is 683. The molecule has 0 atom stereocenters. The molecule has 2 N–H and O–H groups in total. The molecule has 1 aromatic heterocycles. The number of nitrogens with zero attached hydrogens (tertiary/aromatic N) is 1. The van der Waals surface area contributed by atoms with Crippen LogP contribution in [0.25, 0.3) is 0 Å². The summed E-state index contributed by atoms with van der Waals surface area (Å²) in [7, 11) is 0. The van der Waals surface area contributed by atoms with E-state index in [1.54, 1.807) is 35.2 Å². The summed E-state index contributed by atoms with van der Waals surface area (Å²) in [5.41, 5.74) is 2.72. The Hall–Kier alpha value is -1.86. The molecule has 0 unspecified atom stereocenters. The summed E-state index contributed by atoms with van der Waals surface area (Å²) in [5, 5.41) is 7.38. The van der Waals surface area contributed by atoms with Crippen LogP contribution in [0.15, 0.2) is 34.0 Å². The number of thiazole rings is 1. The quantitative estimate of drug-likeness (QED) is 0.707. The topological polar surface area (TPSA) is 71.1 Å². The Kier molecular flexibility index (Phi) is 7.27. The molecule has 0 spiro atoms. The Morgan fingerprint density at radius 2 is 1.96 bits per heavy atom. The summed E-state index contributed by atoms with van der Waals surface area (Å²) in [6.45, 7) is 4.59. The van der Waals surface area contributed by atoms with E-state index in [0.29, 0.717) is 12.1 Å². The highest BCUT2D eigenvalue weighted by Crippen LogP contribution is 2.25. The molecule has 0 saturated carbocycles. The number of rotatable bonds is 8. The van der Waals surface area contributed by atoms with Crippen molar-refractivity contribution < 1.29 is 9.59 Å². The third-order valence-corrected chi connectivity index (χ3v) is 5.37. The van der Waals surface area contributed by atoms with Crippen LogP contribution in [0.2, 0.25) is 0 Å². The zero-order valence-corrected chi connectivity index (χ0v) is 15.4. The summed E-state index contributed by atoms with van der Waals surface area (Å²) in [4.78, 5) is 27.9. The van der Waals surface area contributed by atoms with E-state index in [9.17, 15) is 9.59 Å². The molecule has 0 aliphatic rings. The first-order valence-electron chi connectivity index (χ1n) is 7.77. The van der Waals surface area contributed by atoms with Gasteiger partial charge >= 0.3 is 0 Å². The van der Waals surface area contributed by atoms with Gasteiger partial charge in [-0.1, -0.05) is 30.8 Å². The van der Waals surface area contributed by atoms with Gasteiger partial charge < -0.3 is 10.6 Å². The molecule has 24 heavy (non-hydrogen) atoms. The number of amides is 2. The number of carbonyl (C=O) groups excluding carboxylic acids is 2. The lowest BCUT2D eigenvalue weighted by atomic mass is 10.1. The first-order valence-corrected chi connectivity index (χ1v) is 9.63. The lowest BCUT2D eigenvalue weighted by Gasteiger charge is -2.07. The Morgan fingerprint density at radius 3 is 2.58 bits per heavy atom. The number of aromatic nitrogens is 1. The van der Waals surface area contributed by atoms with Gasteiger partial charge in [0, 0.05) is 28.9 Å². The fraction of sp³-hybridized carbons (Fsp3) is 0.353. The molecule has 5 nitrogen and oxygen atoms in total. The van der Waals surface area contributed by atoms with Gasteiger partial charge in [-0.05, 0) is 31.0 Å². The summed E-state index contributed by atoms with van der Waals surface area (Å²) in [6.07, 6.45) is 0.875. The predicted molar refractivity (Wildman–Crippen MR) is 98.5 cm³/mol. The van der Waals surface area contributed by atoms with Gasteiger partial charge in [-0.3, -0.25) is 9.59 Å². The molecular weight excluding hydrogens is 342 g/mol. The van der Waals surface area contributed by atoms with E-state index in [1.807, 2.05) is 31.4 Å². The van der Waals surface area contributed by atoms with Crippen molar-refractivity contribution in [3.05, 3.63) is 46.5 Å². The highest BCUT2D eigenvalue weighted by Gasteiger charge is 2.08. The molecule has 0 bridgehead atoms. The van der Waals surface area contributed by atoms with E-state index < -0.39 is 0 Å². The smallest absolute Gasteiger partial charge is 0.251 e. The average Bonchev–Trinajstić information content (AvgIpc) is 3.01. The molecule has 0 saturated heterocycles. The number of nitrogens with one attached hydrogen (secondary N) is 2. The van der Waals surface area contributed by atoms with Crippen molar-refractivity contribution in [2.75, 3.05) is 13.1 Å². The Morgan fingerprint density at radius 1 is 1.21 bits per heavy atom. The van der Waals surface area contributed by atoms with Gasteiger partial charge in [0.05, 0.1) is 6.54 Å². The number of benzene rings is 1. The molecule has 2 aromatic rings. The molecule has 128 valence electrons. The standard InChI is InChI=1S/C17H21N3O2S2/c1-3-8-18-15(21)9-19-16(22)14-6-4-13(5-7-14)11-24-17-20-12(2)10-23-17/h4-7,10H,3,8-9,11H2,1-2H3,(H,18,21)(H,19,22). The summed E-state index contributed by atoms with van der Waals surface area (Å²) in [5.74, 6) is 0.405. The number of carbonyl (C=O) groups is 2. The Balaban J connectivity index is 1.80. The summed E-state index contributed by atoms with van der Waals surface area (Å²) >= 11 is 3.33. The van der Waals surface area contributed by atoms with Crippen molar-refractivity contribution in [1.82, 2.24) is 15.6 Å². The second-order valence-corrected chi connectivity index (χ2v) is 7.35. The maximum atomic E-state index is 12.0. The van der Waals surface area contributed by atoms with Crippen molar-refractivity contribution in [3.8, 4) is 0 Å². The first-order chi connectivity index (χ1) is 11.6. The molecule has 7 heteroatoms. The number of hydrogen-bond donors (Lipinski definition) is 2. The van der Waals surface area contributed by atoms with Gasteiger partial charge in [-0.2, -0.15) is 0 Å². The van der Waals surface area contributed by atoms with Crippen LogP contribution < -0.4 is 10.6 Å². The zero-order chi connectivity index (χ0) is 17.4. The van der Waals surface area contributed by atoms with E-state index in [2.05, 4.69) is 15.6 Å². The van der Waals surface area contributed by atoms with Crippen molar-refractivity contribution in [1.29, 1.82) is 0 Å². The average molecular weight is 364 g/mol. The molecule has 0 aliphatic heterocycles. The van der Waals surface area contributed by atoms with Gasteiger partial charge in [-0.15, -0.1) is 11.3 Å². The molecular formula is C17H21N3O2S2. The first kappa shape index (κ1) is 18.5. The van der Waals surface area contributed by atoms with Crippen molar-refractivity contribution in [2.24, 2.45) is 0 Å². The van der Waals surface area contributed by atoms with Gasteiger partial charge in [0.25, 0.3) is 5.91 Å². The van der Waals surface area contributed by atoms with Crippen LogP contribution in [0.5, 0.6) is 0 Å². The third kappa shape index (κ3) is 5.98.